The molecule has 0 radical (unpaired) electrons. The van der Waals surface area contributed by atoms with Gasteiger partial charge in [-0.2, -0.15) is 0 Å². The molecule has 3 unspecified atom stereocenters. The topological polar surface area (TPSA) is 30.5 Å². The zero-order valence-corrected chi connectivity index (χ0v) is 13.6. The minimum Gasteiger partial charge on any atom is -0.383 e. The quantitative estimate of drug-likeness (QED) is 0.725. The Balaban J connectivity index is 1.71. The summed E-state index contributed by atoms with van der Waals surface area (Å²) in [6.07, 6.45) is 11.0. The van der Waals surface area contributed by atoms with E-state index < -0.39 is 0 Å². The van der Waals surface area contributed by atoms with E-state index in [1.165, 1.54) is 51.4 Å². The monoisotopic (exact) mass is 283 g/mol. The van der Waals surface area contributed by atoms with E-state index >= 15 is 0 Å². The summed E-state index contributed by atoms with van der Waals surface area (Å²) < 4.78 is 11.6. The van der Waals surface area contributed by atoms with Crippen LogP contribution in [0.15, 0.2) is 0 Å². The molecule has 1 heterocycles. The van der Waals surface area contributed by atoms with Crippen LogP contribution >= 0.6 is 0 Å². The van der Waals surface area contributed by atoms with E-state index in [4.69, 9.17) is 9.47 Å². The lowest BCUT2D eigenvalue weighted by Crippen LogP contribution is -2.37. The zero-order valence-electron chi connectivity index (χ0n) is 13.6. The first kappa shape index (κ1) is 16.3. The van der Waals surface area contributed by atoms with Gasteiger partial charge in [0.2, 0.25) is 0 Å². The van der Waals surface area contributed by atoms with Crippen molar-refractivity contribution in [2.45, 2.75) is 83.0 Å². The van der Waals surface area contributed by atoms with Gasteiger partial charge in [0.25, 0.3) is 0 Å². The SMILES string of the molecule is COCCNC(C)C(C)CC1CCC2(CCCCC2)O1. The van der Waals surface area contributed by atoms with E-state index in [0.29, 0.717) is 18.1 Å². The van der Waals surface area contributed by atoms with Gasteiger partial charge in [-0.1, -0.05) is 26.2 Å². The van der Waals surface area contributed by atoms with Crippen molar-refractivity contribution in [3.8, 4) is 0 Å². The maximum atomic E-state index is 6.48. The summed E-state index contributed by atoms with van der Waals surface area (Å²) in [5.41, 5.74) is 0.273. The maximum absolute atomic E-state index is 6.48. The normalized spacial score (nSPS) is 28.6. The minimum atomic E-state index is 0.273. The predicted molar refractivity (Wildman–Crippen MR) is 83.0 cm³/mol. The molecule has 1 spiro atoms. The first-order valence-corrected chi connectivity index (χ1v) is 8.55. The Kier molecular flexibility index (Phi) is 6.31. The van der Waals surface area contributed by atoms with Crippen molar-refractivity contribution in [3.63, 3.8) is 0 Å². The zero-order chi connectivity index (χ0) is 14.4. The molecule has 0 aromatic rings. The average Bonchev–Trinajstić information content (AvgIpc) is 2.82. The number of hydrogen-bond donors (Lipinski definition) is 1. The highest BCUT2D eigenvalue weighted by Crippen LogP contribution is 2.43. The second-order valence-corrected chi connectivity index (χ2v) is 6.97. The second kappa shape index (κ2) is 7.77. The van der Waals surface area contributed by atoms with Gasteiger partial charge in [-0.3, -0.25) is 0 Å². The smallest absolute Gasteiger partial charge is 0.0687 e. The molecule has 3 atom stereocenters. The molecular formula is C17H33NO2. The van der Waals surface area contributed by atoms with Crippen LogP contribution < -0.4 is 5.32 Å². The second-order valence-electron chi connectivity index (χ2n) is 6.97. The van der Waals surface area contributed by atoms with Crippen LogP contribution in [0.2, 0.25) is 0 Å². The highest BCUT2D eigenvalue weighted by molar-refractivity contribution is 4.92. The molecule has 118 valence electrons. The van der Waals surface area contributed by atoms with Crippen LogP contribution in [0.1, 0.15) is 65.2 Å². The maximum Gasteiger partial charge on any atom is 0.0687 e. The molecule has 3 nitrogen and oxygen atoms in total. The number of nitrogens with one attached hydrogen (secondary N) is 1. The van der Waals surface area contributed by atoms with Crippen LogP contribution in [0.4, 0.5) is 0 Å². The molecular weight excluding hydrogens is 250 g/mol. The van der Waals surface area contributed by atoms with Gasteiger partial charge >= 0.3 is 0 Å². The van der Waals surface area contributed by atoms with E-state index in [1.54, 1.807) is 7.11 Å². The first-order chi connectivity index (χ1) is 9.65. The van der Waals surface area contributed by atoms with Gasteiger partial charge in [-0.05, 0) is 44.9 Å². The van der Waals surface area contributed by atoms with E-state index in [2.05, 4.69) is 19.2 Å². The van der Waals surface area contributed by atoms with Gasteiger partial charge in [-0.25, -0.2) is 0 Å². The molecule has 20 heavy (non-hydrogen) atoms. The van der Waals surface area contributed by atoms with Crippen LogP contribution in [0.3, 0.4) is 0 Å². The minimum absolute atomic E-state index is 0.273. The van der Waals surface area contributed by atoms with Gasteiger partial charge in [-0.15, -0.1) is 0 Å². The Morgan fingerprint density at radius 1 is 1.20 bits per heavy atom. The molecule has 1 aliphatic carbocycles. The van der Waals surface area contributed by atoms with E-state index in [1.807, 2.05) is 0 Å². The van der Waals surface area contributed by atoms with Crippen LogP contribution in [0, 0.1) is 5.92 Å². The number of rotatable bonds is 7. The molecule has 0 amide bonds. The van der Waals surface area contributed by atoms with E-state index in [9.17, 15) is 0 Å². The summed E-state index contributed by atoms with van der Waals surface area (Å²) in [7, 11) is 1.76. The van der Waals surface area contributed by atoms with Crippen molar-refractivity contribution < 1.29 is 9.47 Å². The first-order valence-electron chi connectivity index (χ1n) is 8.55. The summed E-state index contributed by atoms with van der Waals surface area (Å²) in [6, 6.07) is 0.539. The molecule has 3 heteroatoms. The Morgan fingerprint density at radius 3 is 2.65 bits per heavy atom. The van der Waals surface area contributed by atoms with Crippen molar-refractivity contribution in [3.05, 3.63) is 0 Å². The van der Waals surface area contributed by atoms with E-state index in [0.717, 1.165) is 13.2 Å². The van der Waals surface area contributed by atoms with Gasteiger partial charge in [0.15, 0.2) is 0 Å². The number of methoxy groups -OCH3 is 1. The van der Waals surface area contributed by atoms with Gasteiger partial charge in [0.05, 0.1) is 18.3 Å². The molecule has 2 aliphatic rings. The summed E-state index contributed by atoms with van der Waals surface area (Å²) in [4.78, 5) is 0. The molecule has 1 N–H and O–H groups in total. The van der Waals surface area contributed by atoms with Gasteiger partial charge < -0.3 is 14.8 Å². The molecule has 1 aliphatic heterocycles. The van der Waals surface area contributed by atoms with Gasteiger partial charge in [0, 0.05) is 19.7 Å². The Morgan fingerprint density at radius 2 is 1.95 bits per heavy atom. The van der Waals surface area contributed by atoms with Crippen molar-refractivity contribution in [1.29, 1.82) is 0 Å². The lowest BCUT2D eigenvalue weighted by molar-refractivity contribution is -0.0702. The van der Waals surface area contributed by atoms with Crippen molar-refractivity contribution in [2.75, 3.05) is 20.3 Å². The fraction of sp³-hybridized carbons (Fsp3) is 1.00. The molecule has 2 fully saturated rings. The molecule has 0 aromatic carbocycles. The number of ether oxygens (including phenoxy) is 2. The van der Waals surface area contributed by atoms with E-state index in [-0.39, 0.29) is 5.60 Å². The fourth-order valence-electron chi connectivity index (χ4n) is 3.83. The van der Waals surface area contributed by atoms with Gasteiger partial charge in [0.1, 0.15) is 0 Å². The third kappa shape index (κ3) is 4.44. The fourth-order valence-corrected chi connectivity index (χ4v) is 3.83. The third-order valence-electron chi connectivity index (χ3n) is 5.36. The Bertz CT molecular complexity index is 276. The Labute approximate surface area is 124 Å². The number of hydrogen-bond acceptors (Lipinski definition) is 3. The highest BCUT2D eigenvalue weighted by atomic mass is 16.5. The van der Waals surface area contributed by atoms with Crippen molar-refractivity contribution >= 4 is 0 Å². The standard InChI is InChI=1S/C17H33NO2/c1-14(15(2)18-11-12-19-3)13-16-7-10-17(20-16)8-5-4-6-9-17/h14-16,18H,4-13H2,1-3H3. The molecule has 0 aromatic heterocycles. The van der Waals surface area contributed by atoms with Crippen molar-refractivity contribution in [1.82, 2.24) is 5.32 Å². The molecule has 1 saturated heterocycles. The summed E-state index contributed by atoms with van der Waals surface area (Å²) in [5, 5.41) is 3.55. The average molecular weight is 283 g/mol. The highest BCUT2D eigenvalue weighted by Gasteiger charge is 2.41. The molecule has 0 bridgehead atoms. The lowest BCUT2D eigenvalue weighted by atomic mass is 9.83. The van der Waals surface area contributed by atoms with Crippen LogP contribution in [-0.4, -0.2) is 38.0 Å². The van der Waals surface area contributed by atoms with Crippen LogP contribution in [0.25, 0.3) is 0 Å². The summed E-state index contributed by atoms with van der Waals surface area (Å²) >= 11 is 0. The summed E-state index contributed by atoms with van der Waals surface area (Å²) in [5.74, 6) is 0.663. The molecule has 2 rings (SSSR count). The largest absolute Gasteiger partial charge is 0.383 e. The molecule has 1 saturated carbocycles. The van der Waals surface area contributed by atoms with Crippen LogP contribution in [-0.2, 0) is 9.47 Å². The predicted octanol–water partition coefficient (Wildman–Crippen LogP) is 3.52. The lowest BCUT2D eigenvalue weighted by Gasteiger charge is -2.34. The van der Waals surface area contributed by atoms with Crippen LogP contribution in [0.5, 0.6) is 0 Å². The third-order valence-corrected chi connectivity index (χ3v) is 5.36. The summed E-state index contributed by atoms with van der Waals surface area (Å²) in [6.45, 7) is 6.36. The Hall–Kier alpha value is -0.120. The van der Waals surface area contributed by atoms with Crippen molar-refractivity contribution in [2.24, 2.45) is 5.92 Å².